The number of hydrogen-bond donors (Lipinski definition) is 2. The average molecular weight is 364 g/mol. The molecule has 0 aliphatic rings. The summed E-state index contributed by atoms with van der Waals surface area (Å²) in [5.41, 5.74) is 1.99. The van der Waals surface area contributed by atoms with E-state index in [2.05, 4.69) is 20.6 Å². The van der Waals surface area contributed by atoms with Gasteiger partial charge in [-0.1, -0.05) is 18.2 Å². The van der Waals surface area contributed by atoms with Gasteiger partial charge < -0.3 is 20.1 Å². The zero-order valence-electron chi connectivity index (χ0n) is 15.1. The minimum Gasteiger partial charge on any atom is -0.497 e. The van der Waals surface area contributed by atoms with Crippen molar-refractivity contribution in [3.63, 3.8) is 0 Å². The Morgan fingerprint density at radius 1 is 1.00 bits per heavy atom. The molecule has 0 atom stereocenters. The molecule has 7 nitrogen and oxygen atoms in total. The van der Waals surface area contributed by atoms with Gasteiger partial charge in [0.25, 0.3) is 5.91 Å². The lowest BCUT2D eigenvalue weighted by Crippen LogP contribution is -2.24. The highest BCUT2D eigenvalue weighted by atomic mass is 16.5. The van der Waals surface area contributed by atoms with Gasteiger partial charge in [-0.25, -0.2) is 9.97 Å². The van der Waals surface area contributed by atoms with Crippen LogP contribution in [0.5, 0.6) is 11.5 Å². The average Bonchev–Trinajstić information content (AvgIpc) is 2.73. The molecule has 0 aliphatic heterocycles. The predicted octanol–water partition coefficient (Wildman–Crippen LogP) is 3.17. The normalized spacial score (nSPS) is 10.1. The Bertz CT molecular complexity index is 913. The predicted molar refractivity (Wildman–Crippen MR) is 102 cm³/mol. The summed E-state index contributed by atoms with van der Waals surface area (Å²) in [4.78, 5) is 20.6. The van der Waals surface area contributed by atoms with Crippen LogP contribution >= 0.6 is 0 Å². The number of ether oxygens (including phenoxy) is 2. The van der Waals surface area contributed by atoms with Crippen molar-refractivity contribution in [3.8, 4) is 11.5 Å². The lowest BCUT2D eigenvalue weighted by molar-refractivity contribution is 0.0945. The van der Waals surface area contributed by atoms with Crippen molar-refractivity contribution in [2.75, 3.05) is 19.5 Å². The summed E-state index contributed by atoms with van der Waals surface area (Å²) >= 11 is 0. The van der Waals surface area contributed by atoms with Gasteiger partial charge in [-0.05, 0) is 30.3 Å². The molecular weight excluding hydrogens is 344 g/mol. The molecule has 0 radical (unpaired) electrons. The molecule has 0 unspecified atom stereocenters. The molecule has 2 N–H and O–H groups in total. The van der Waals surface area contributed by atoms with Crippen LogP contribution in [0.15, 0.2) is 60.9 Å². The largest absolute Gasteiger partial charge is 0.497 e. The fourth-order valence-electron chi connectivity index (χ4n) is 2.49. The highest BCUT2D eigenvalue weighted by molar-refractivity contribution is 5.93. The summed E-state index contributed by atoms with van der Waals surface area (Å²) < 4.78 is 10.4. The van der Waals surface area contributed by atoms with Gasteiger partial charge in [0.15, 0.2) is 0 Å². The van der Waals surface area contributed by atoms with Crippen LogP contribution in [0.25, 0.3) is 0 Å². The molecule has 3 aromatic rings. The van der Waals surface area contributed by atoms with Crippen LogP contribution in [0.2, 0.25) is 0 Å². The highest BCUT2D eigenvalue weighted by Crippen LogP contribution is 2.19. The molecule has 2 aromatic carbocycles. The van der Waals surface area contributed by atoms with E-state index in [4.69, 9.17) is 9.47 Å². The van der Waals surface area contributed by atoms with Crippen molar-refractivity contribution in [3.05, 3.63) is 72.2 Å². The Morgan fingerprint density at radius 3 is 2.52 bits per heavy atom. The minimum absolute atomic E-state index is 0.274. The van der Waals surface area contributed by atoms with E-state index in [0.717, 1.165) is 22.7 Å². The number of rotatable bonds is 7. The summed E-state index contributed by atoms with van der Waals surface area (Å²) in [6.07, 6.45) is 1.35. The Kier molecular flexibility index (Phi) is 5.84. The fraction of sp³-hybridized carbons (Fsp3) is 0.150. The van der Waals surface area contributed by atoms with Crippen molar-refractivity contribution >= 4 is 17.4 Å². The number of amides is 1. The molecule has 0 fully saturated rings. The molecule has 0 saturated carbocycles. The molecule has 1 amide bonds. The number of para-hydroxylation sites is 1. The number of methoxy groups -OCH3 is 2. The number of anilines is 2. The number of nitrogens with one attached hydrogen (secondary N) is 2. The van der Waals surface area contributed by atoms with Crippen LogP contribution in [-0.4, -0.2) is 30.1 Å². The SMILES string of the molecule is COc1ccc(Nc2cc(C(=O)NCc3ccccc3OC)ncn2)cc1. The lowest BCUT2D eigenvalue weighted by atomic mass is 10.2. The Balaban J connectivity index is 1.66. The lowest BCUT2D eigenvalue weighted by Gasteiger charge is -2.10. The molecule has 138 valence electrons. The van der Waals surface area contributed by atoms with Crippen molar-refractivity contribution in [1.82, 2.24) is 15.3 Å². The van der Waals surface area contributed by atoms with Crippen molar-refractivity contribution < 1.29 is 14.3 Å². The third-order valence-corrected chi connectivity index (χ3v) is 3.89. The van der Waals surface area contributed by atoms with Gasteiger partial charge in [-0.3, -0.25) is 4.79 Å². The fourth-order valence-corrected chi connectivity index (χ4v) is 2.49. The molecule has 0 saturated heterocycles. The number of nitrogens with zero attached hydrogens (tertiary/aromatic N) is 2. The zero-order chi connectivity index (χ0) is 19.1. The number of benzene rings is 2. The molecule has 1 aromatic heterocycles. The van der Waals surface area contributed by atoms with E-state index in [-0.39, 0.29) is 11.6 Å². The summed E-state index contributed by atoms with van der Waals surface area (Å²) in [6, 6.07) is 16.5. The van der Waals surface area contributed by atoms with E-state index in [0.29, 0.717) is 12.4 Å². The van der Waals surface area contributed by atoms with E-state index in [1.165, 1.54) is 6.33 Å². The van der Waals surface area contributed by atoms with E-state index < -0.39 is 0 Å². The first kappa shape index (κ1) is 18.2. The molecule has 27 heavy (non-hydrogen) atoms. The smallest absolute Gasteiger partial charge is 0.270 e. The third-order valence-electron chi connectivity index (χ3n) is 3.89. The van der Waals surface area contributed by atoms with Crippen LogP contribution in [0.4, 0.5) is 11.5 Å². The van der Waals surface area contributed by atoms with Gasteiger partial charge >= 0.3 is 0 Å². The van der Waals surface area contributed by atoms with Crippen LogP contribution in [0.3, 0.4) is 0 Å². The first-order valence-electron chi connectivity index (χ1n) is 8.33. The second kappa shape index (κ2) is 8.66. The summed E-state index contributed by atoms with van der Waals surface area (Å²) in [6.45, 7) is 0.341. The summed E-state index contributed by atoms with van der Waals surface area (Å²) in [5, 5.41) is 5.98. The van der Waals surface area contributed by atoms with Gasteiger partial charge in [-0.15, -0.1) is 0 Å². The van der Waals surface area contributed by atoms with Gasteiger partial charge in [0, 0.05) is 23.9 Å². The quantitative estimate of drug-likeness (QED) is 0.670. The monoisotopic (exact) mass is 364 g/mol. The molecule has 7 heteroatoms. The molecule has 0 spiro atoms. The maximum atomic E-state index is 12.4. The first-order valence-corrected chi connectivity index (χ1v) is 8.33. The molecule has 3 rings (SSSR count). The standard InChI is InChI=1S/C20H20N4O3/c1-26-16-9-7-15(8-10-16)24-19-11-17(22-13-23-19)20(25)21-12-14-5-3-4-6-18(14)27-2/h3-11,13H,12H2,1-2H3,(H,21,25)(H,22,23,24). The number of carbonyl (C=O) groups excluding carboxylic acids is 1. The van der Waals surface area contributed by atoms with Gasteiger partial charge in [0.05, 0.1) is 14.2 Å². The third kappa shape index (κ3) is 4.72. The number of hydrogen-bond acceptors (Lipinski definition) is 6. The van der Waals surface area contributed by atoms with Gasteiger partial charge in [0.1, 0.15) is 29.3 Å². The van der Waals surface area contributed by atoms with Crippen molar-refractivity contribution in [2.45, 2.75) is 6.54 Å². The molecule has 1 heterocycles. The summed E-state index contributed by atoms with van der Waals surface area (Å²) in [7, 11) is 3.21. The van der Waals surface area contributed by atoms with E-state index in [1.54, 1.807) is 20.3 Å². The topological polar surface area (TPSA) is 85.4 Å². The maximum Gasteiger partial charge on any atom is 0.270 e. The summed E-state index contributed by atoms with van der Waals surface area (Å²) in [5.74, 6) is 1.72. The number of aromatic nitrogens is 2. The zero-order valence-corrected chi connectivity index (χ0v) is 15.1. The van der Waals surface area contributed by atoms with E-state index >= 15 is 0 Å². The van der Waals surface area contributed by atoms with Crippen LogP contribution in [0, 0.1) is 0 Å². The Labute approximate surface area is 157 Å². The van der Waals surface area contributed by atoms with Gasteiger partial charge in [0.2, 0.25) is 0 Å². The van der Waals surface area contributed by atoms with E-state index in [1.807, 2.05) is 48.5 Å². The number of carbonyl (C=O) groups is 1. The maximum absolute atomic E-state index is 12.4. The molecular formula is C20H20N4O3. The van der Waals surface area contributed by atoms with Crippen LogP contribution in [0.1, 0.15) is 16.1 Å². The second-order valence-corrected chi connectivity index (χ2v) is 5.64. The van der Waals surface area contributed by atoms with Crippen molar-refractivity contribution in [1.29, 1.82) is 0 Å². The first-order chi connectivity index (χ1) is 13.2. The minimum atomic E-state index is -0.291. The van der Waals surface area contributed by atoms with Crippen LogP contribution in [-0.2, 0) is 6.54 Å². The second-order valence-electron chi connectivity index (χ2n) is 5.64. The van der Waals surface area contributed by atoms with Gasteiger partial charge in [-0.2, -0.15) is 0 Å². The highest BCUT2D eigenvalue weighted by Gasteiger charge is 2.10. The Morgan fingerprint density at radius 2 is 1.78 bits per heavy atom. The van der Waals surface area contributed by atoms with Crippen LogP contribution < -0.4 is 20.1 Å². The Hall–Kier alpha value is -3.61. The molecule has 0 bridgehead atoms. The molecule has 0 aliphatic carbocycles. The van der Waals surface area contributed by atoms with E-state index in [9.17, 15) is 4.79 Å². The van der Waals surface area contributed by atoms with Crippen molar-refractivity contribution in [2.24, 2.45) is 0 Å².